The Labute approximate surface area is 199 Å². The van der Waals surface area contributed by atoms with E-state index in [1.165, 1.54) is 51.4 Å². The van der Waals surface area contributed by atoms with Gasteiger partial charge in [0.05, 0.1) is 6.10 Å². The van der Waals surface area contributed by atoms with Gasteiger partial charge in [-0.2, -0.15) is 0 Å². The molecule has 5 aliphatic rings. The summed E-state index contributed by atoms with van der Waals surface area (Å²) in [5.41, 5.74) is 9.28. The molecule has 4 fully saturated rings. The molecule has 0 bridgehead atoms. The first-order valence-electron chi connectivity index (χ1n) is 14.2. The molecule has 1 heterocycles. The summed E-state index contributed by atoms with van der Waals surface area (Å²) < 4.78 is 6.78. The van der Waals surface area contributed by atoms with Gasteiger partial charge in [-0.3, -0.25) is 0 Å². The van der Waals surface area contributed by atoms with E-state index in [1.807, 2.05) is 19.4 Å². The lowest BCUT2D eigenvalue weighted by Crippen LogP contribution is -2.52. The summed E-state index contributed by atoms with van der Waals surface area (Å²) in [6.45, 7) is 18.8. The molecule has 0 spiro atoms. The van der Waals surface area contributed by atoms with Crippen LogP contribution in [-0.2, 0) is 4.74 Å². The van der Waals surface area contributed by atoms with E-state index < -0.39 is 5.72 Å². The van der Waals surface area contributed by atoms with Crippen molar-refractivity contribution in [3.8, 4) is 0 Å². The van der Waals surface area contributed by atoms with Crippen molar-refractivity contribution in [1.82, 2.24) is 0 Å². The van der Waals surface area contributed by atoms with Gasteiger partial charge in [-0.15, -0.1) is 0 Å². The average molecular weight is 444 g/mol. The number of ether oxygens (including phenoxy) is 1. The normalized spacial score (nSPS) is 51.7. The summed E-state index contributed by atoms with van der Waals surface area (Å²) in [6.07, 6.45) is 14.9. The lowest BCUT2D eigenvalue weighted by Gasteiger charge is -2.58. The van der Waals surface area contributed by atoms with E-state index in [0.717, 1.165) is 30.1 Å². The molecule has 10 atom stereocenters. The lowest BCUT2D eigenvalue weighted by atomic mass is 9.46. The maximum Gasteiger partial charge on any atom is 0.120 e. The Bertz CT molecular complexity index is 714. The SMILES string of the molecule is CC.CC(C)CCC1(N)OC2CC3C4CC=C5CC(C)CCC5(C)C4CCC3(C)C2[C@H]1C. The quantitative estimate of drug-likeness (QED) is 0.449. The summed E-state index contributed by atoms with van der Waals surface area (Å²) in [7, 11) is 0. The monoisotopic (exact) mass is 443 g/mol. The highest BCUT2D eigenvalue weighted by atomic mass is 16.5. The van der Waals surface area contributed by atoms with E-state index in [-0.39, 0.29) is 0 Å². The number of hydrogen-bond acceptors (Lipinski definition) is 2. The Morgan fingerprint density at radius 2 is 1.81 bits per heavy atom. The Morgan fingerprint density at radius 1 is 1.09 bits per heavy atom. The predicted octanol–water partition coefficient (Wildman–Crippen LogP) is 7.96. The van der Waals surface area contributed by atoms with Crippen LogP contribution in [0.25, 0.3) is 0 Å². The molecule has 5 rings (SSSR count). The van der Waals surface area contributed by atoms with Gasteiger partial charge in [0, 0.05) is 5.92 Å². The molecule has 184 valence electrons. The van der Waals surface area contributed by atoms with Crippen LogP contribution in [0, 0.1) is 52.3 Å². The Hall–Kier alpha value is -0.340. The molecular formula is C30H53NO. The van der Waals surface area contributed by atoms with Crippen molar-refractivity contribution >= 4 is 0 Å². The molecule has 2 N–H and O–H groups in total. The third kappa shape index (κ3) is 3.65. The van der Waals surface area contributed by atoms with Crippen LogP contribution in [0.1, 0.15) is 113 Å². The molecule has 1 aliphatic heterocycles. The first-order chi connectivity index (χ1) is 15.1. The molecule has 9 unspecified atom stereocenters. The van der Waals surface area contributed by atoms with Crippen LogP contribution < -0.4 is 5.73 Å². The minimum absolute atomic E-state index is 0.393. The standard InChI is InChI=1S/C28H47NO.C2H6/c1-17(2)9-14-28(29)19(4)25-24(30-28)16-23-21-8-7-20-15-18(3)10-12-26(20,5)22(21)11-13-27(23,25)6;1-2/h7,17-19,21-25H,8-16,29H2,1-6H3;1-2H3/t18?,19-,21?,22?,23?,24?,25?,26?,27?,28?;/m1./s1. The summed E-state index contributed by atoms with van der Waals surface area (Å²) in [6, 6.07) is 0. The van der Waals surface area contributed by atoms with Crippen LogP contribution in [-0.4, -0.2) is 11.8 Å². The maximum atomic E-state index is 6.94. The Kier molecular flexibility index (Phi) is 6.74. The maximum absolute atomic E-state index is 6.94. The van der Waals surface area contributed by atoms with Gasteiger partial charge in [-0.1, -0.05) is 67.0 Å². The predicted molar refractivity (Wildman–Crippen MR) is 136 cm³/mol. The van der Waals surface area contributed by atoms with Crippen molar-refractivity contribution in [2.24, 2.45) is 58.0 Å². The zero-order valence-electron chi connectivity index (χ0n) is 22.5. The largest absolute Gasteiger partial charge is 0.357 e. The highest BCUT2D eigenvalue weighted by Gasteiger charge is 2.67. The van der Waals surface area contributed by atoms with E-state index in [2.05, 4.69) is 47.6 Å². The van der Waals surface area contributed by atoms with E-state index in [9.17, 15) is 0 Å². The zero-order chi connectivity index (χ0) is 23.5. The fourth-order valence-corrected chi connectivity index (χ4v) is 9.38. The summed E-state index contributed by atoms with van der Waals surface area (Å²) in [5, 5.41) is 0. The smallest absolute Gasteiger partial charge is 0.120 e. The second kappa shape index (κ2) is 8.71. The minimum atomic E-state index is -0.393. The first kappa shape index (κ1) is 24.8. The van der Waals surface area contributed by atoms with E-state index in [4.69, 9.17) is 10.5 Å². The van der Waals surface area contributed by atoms with Gasteiger partial charge in [0.15, 0.2) is 0 Å². The van der Waals surface area contributed by atoms with Gasteiger partial charge in [-0.25, -0.2) is 0 Å². The van der Waals surface area contributed by atoms with Crippen molar-refractivity contribution < 1.29 is 4.74 Å². The van der Waals surface area contributed by atoms with Crippen molar-refractivity contribution in [2.45, 2.75) is 125 Å². The van der Waals surface area contributed by atoms with Gasteiger partial charge < -0.3 is 10.5 Å². The van der Waals surface area contributed by atoms with Crippen LogP contribution >= 0.6 is 0 Å². The molecule has 0 amide bonds. The molecule has 0 aromatic carbocycles. The molecule has 2 heteroatoms. The van der Waals surface area contributed by atoms with E-state index >= 15 is 0 Å². The second-order valence-electron chi connectivity index (χ2n) is 13.2. The molecule has 3 saturated carbocycles. The second-order valence-corrected chi connectivity index (χ2v) is 13.2. The van der Waals surface area contributed by atoms with Crippen molar-refractivity contribution in [1.29, 1.82) is 0 Å². The van der Waals surface area contributed by atoms with Gasteiger partial charge in [0.25, 0.3) is 0 Å². The summed E-state index contributed by atoms with van der Waals surface area (Å²) >= 11 is 0. The highest BCUT2D eigenvalue weighted by molar-refractivity contribution is 5.26. The molecular weight excluding hydrogens is 390 g/mol. The Balaban J connectivity index is 0.00000119. The number of allylic oxidation sites excluding steroid dienone is 2. The highest BCUT2D eigenvalue weighted by Crippen LogP contribution is 2.70. The van der Waals surface area contributed by atoms with E-state index in [0.29, 0.717) is 34.7 Å². The zero-order valence-corrected chi connectivity index (χ0v) is 22.5. The number of fused-ring (bicyclic) bond motifs is 7. The average Bonchev–Trinajstić information content (AvgIpc) is 3.19. The fourth-order valence-electron chi connectivity index (χ4n) is 9.38. The van der Waals surface area contributed by atoms with Crippen LogP contribution in [0.3, 0.4) is 0 Å². The number of hydrogen-bond donors (Lipinski definition) is 1. The van der Waals surface area contributed by atoms with Crippen molar-refractivity contribution in [3.63, 3.8) is 0 Å². The van der Waals surface area contributed by atoms with Crippen LogP contribution in [0.4, 0.5) is 0 Å². The van der Waals surface area contributed by atoms with Gasteiger partial charge >= 0.3 is 0 Å². The molecule has 0 radical (unpaired) electrons. The molecule has 4 aliphatic carbocycles. The minimum Gasteiger partial charge on any atom is -0.357 e. The Morgan fingerprint density at radius 3 is 2.50 bits per heavy atom. The topological polar surface area (TPSA) is 35.2 Å². The van der Waals surface area contributed by atoms with Crippen molar-refractivity contribution in [2.75, 3.05) is 0 Å². The fraction of sp³-hybridized carbons (Fsp3) is 0.933. The molecule has 1 saturated heterocycles. The van der Waals surface area contributed by atoms with Crippen LogP contribution in [0.2, 0.25) is 0 Å². The molecule has 32 heavy (non-hydrogen) atoms. The third-order valence-electron chi connectivity index (χ3n) is 11.2. The number of nitrogens with two attached hydrogens (primary N) is 1. The van der Waals surface area contributed by atoms with Gasteiger partial charge in [0.2, 0.25) is 0 Å². The molecule has 0 aromatic rings. The number of rotatable bonds is 3. The molecule has 0 aromatic heterocycles. The molecule has 2 nitrogen and oxygen atoms in total. The van der Waals surface area contributed by atoms with Crippen LogP contribution in [0.15, 0.2) is 11.6 Å². The summed E-state index contributed by atoms with van der Waals surface area (Å²) in [4.78, 5) is 0. The first-order valence-corrected chi connectivity index (χ1v) is 14.2. The van der Waals surface area contributed by atoms with Crippen LogP contribution in [0.5, 0.6) is 0 Å². The van der Waals surface area contributed by atoms with Crippen molar-refractivity contribution in [3.05, 3.63) is 11.6 Å². The van der Waals surface area contributed by atoms with Gasteiger partial charge in [-0.05, 0) is 104 Å². The summed E-state index contributed by atoms with van der Waals surface area (Å²) in [5.74, 6) is 5.33. The lowest BCUT2D eigenvalue weighted by molar-refractivity contribution is -0.0829. The van der Waals surface area contributed by atoms with E-state index in [1.54, 1.807) is 0 Å². The van der Waals surface area contributed by atoms with Gasteiger partial charge in [0.1, 0.15) is 5.72 Å². The third-order valence-corrected chi connectivity index (χ3v) is 11.2.